The summed E-state index contributed by atoms with van der Waals surface area (Å²) in [6.07, 6.45) is 3.96. The number of aryl methyl sites for hydroxylation is 1. The second-order valence-electron chi connectivity index (χ2n) is 4.56. The summed E-state index contributed by atoms with van der Waals surface area (Å²) in [5, 5.41) is 4.15. The molecule has 0 aromatic carbocycles. The lowest BCUT2D eigenvalue weighted by molar-refractivity contribution is 0.262. The lowest BCUT2D eigenvalue weighted by atomic mass is 10.0. The van der Waals surface area contributed by atoms with Crippen LogP contribution in [0.25, 0.3) is 0 Å². The molecular weight excluding hydrogens is 188 g/mol. The summed E-state index contributed by atoms with van der Waals surface area (Å²) in [7, 11) is 4.06. The Morgan fingerprint density at radius 2 is 2.20 bits per heavy atom. The van der Waals surface area contributed by atoms with E-state index < -0.39 is 0 Å². The van der Waals surface area contributed by atoms with E-state index in [2.05, 4.69) is 30.9 Å². The Morgan fingerprint density at radius 3 is 2.67 bits per heavy atom. The quantitative estimate of drug-likeness (QED) is 0.783. The molecule has 0 saturated carbocycles. The predicted molar refractivity (Wildman–Crippen MR) is 62.4 cm³/mol. The van der Waals surface area contributed by atoms with E-state index >= 15 is 0 Å². The highest BCUT2D eigenvalue weighted by molar-refractivity contribution is 5.02. The minimum Gasteiger partial charge on any atom is -0.328 e. The molecule has 0 spiro atoms. The van der Waals surface area contributed by atoms with Crippen molar-refractivity contribution in [2.45, 2.75) is 26.4 Å². The molecule has 4 heteroatoms. The van der Waals surface area contributed by atoms with Crippen molar-refractivity contribution < 1.29 is 0 Å². The monoisotopic (exact) mass is 210 g/mol. The van der Waals surface area contributed by atoms with Gasteiger partial charge in [-0.2, -0.15) is 5.10 Å². The van der Waals surface area contributed by atoms with Crippen LogP contribution in [0.3, 0.4) is 0 Å². The van der Waals surface area contributed by atoms with Gasteiger partial charge < -0.3 is 10.6 Å². The molecule has 1 heterocycles. The number of nitrogens with zero attached hydrogens (tertiary/aromatic N) is 3. The Hall–Kier alpha value is -0.870. The molecule has 0 aliphatic carbocycles. The first-order valence-electron chi connectivity index (χ1n) is 5.40. The molecule has 86 valence electrons. The van der Waals surface area contributed by atoms with Gasteiger partial charge in [0.25, 0.3) is 0 Å². The summed E-state index contributed by atoms with van der Waals surface area (Å²) >= 11 is 0. The highest BCUT2D eigenvalue weighted by Crippen LogP contribution is 2.06. The van der Waals surface area contributed by atoms with Gasteiger partial charge >= 0.3 is 0 Å². The first-order chi connectivity index (χ1) is 6.99. The van der Waals surface area contributed by atoms with E-state index in [-0.39, 0.29) is 6.04 Å². The topological polar surface area (TPSA) is 47.1 Å². The van der Waals surface area contributed by atoms with E-state index in [0.717, 1.165) is 13.1 Å². The molecule has 15 heavy (non-hydrogen) atoms. The minimum absolute atomic E-state index is 0.251. The van der Waals surface area contributed by atoms with E-state index in [1.807, 2.05) is 24.1 Å². The van der Waals surface area contributed by atoms with Crippen molar-refractivity contribution in [1.82, 2.24) is 14.7 Å². The smallest absolute Gasteiger partial charge is 0.0534 e. The molecule has 1 aromatic heterocycles. The lowest BCUT2D eigenvalue weighted by Gasteiger charge is -2.23. The third-order valence-electron chi connectivity index (χ3n) is 2.71. The fraction of sp³-hybridized carbons (Fsp3) is 0.727. The van der Waals surface area contributed by atoms with Crippen LogP contribution in [0.4, 0.5) is 0 Å². The van der Waals surface area contributed by atoms with Crippen LogP contribution in [0.5, 0.6) is 0 Å². The van der Waals surface area contributed by atoms with E-state index in [1.54, 1.807) is 0 Å². The maximum Gasteiger partial charge on any atom is 0.0534 e. The van der Waals surface area contributed by atoms with Gasteiger partial charge in [-0.3, -0.25) is 4.68 Å². The molecule has 0 fully saturated rings. The second kappa shape index (κ2) is 5.28. The Bertz CT molecular complexity index is 293. The van der Waals surface area contributed by atoms with Gasteiger partial charge in [-0.1, -0.05) is 6.92 Å². The van der Waals surface area contributed by atoms with Crippen LogP contribution in [-0.4, -0.2) is 34.3 Å². The van der Waals surface area contributed by atoms with Gasteiger partial charge in [0.2, 0.25) is 0 Å². The van der Waals surface area contributed by atoms with Gasteiger partial charge in [-0.05, 0) is 19.9 Å². The number of nitrogens with two attached hydrogens (primary N) is 1. The van der Waals surface area contributed by atoms with Crippen molar-refractivity contribution in [3.05, 3.63) is 18.0 Å². The first-order valence-corrected chi connectivity index (χ1v) is 5.40. The standard InChI is InChI=1S/C11H22N4/c1-9(10(2)12)6-14(3)7-11-5-13-15(4)8-11/h5,8-10H,6-7,12H2,1-4H3. The Labute approximate surface area is 92.1 Å². The molecular formula is C11H22N4. The molecule has 0 bridgehead atoms. The van der Waals surface area contributed by atoms with Crippen LogP contribution in [-0.2, 0) is 13.6 Å². The van der Waals surface area contributed by atoms with E-state index in [9.17, 15) is 0 Å². The number of hydrogen-bond acceptors (Lipinski definition) is 3. The van der Waals surface area contributed by atoms with Crippen molar-refractivity contribution in [2.75, 3.05) is 13.6 Å². The zero-order valence-electron chi connectivity index (χ0n) is 10.1. The highest BCUT2D eigenvalue weighted by atomic mass is 15.2. The van der Waals surface area contributed by atoms with Gasteiger partial charge in [0.15, 0.2) is 0 Å². The number of rotatable bonds is 5. The highest BCUT2D eigenvalue weighted by Gasteiger charge is 2.11. The van der Waals surface area contributed by atoms with Crippen LogP contribution in [0.1, 0.15) is 19.4 Å². The first kappa shape index (κ1) is 12.2. The third-order valence-corrected chi connectivity index (χ3v) is 2.71. The molecule has 2 atom stereocenters. The predicted octanol–water partition coefficient (Wildman–Crippen LogP) is 0.835. The average Bonchev–Trinajstić information content (AvgIpc) is 2.50. The molecule has 0 aliphatic heterocycles. The largest absolute Gasteiger partial charge is 0.328 e. The van der Waals surface area contributed by atoms with Crippen LogP contribution in [0.2, 0.25) is 0 Å². The van der Waals surface area contributed by atoms with Crippen molar-refractivity contribution in [2.24, 2.45) is 18.7 Å². The summed E-state index contributed by atoms with van der Waals surface area (Å²) in [6, 6.07) is 0.251. The minimum atomic E-state index is 0.251. The Kier molecular flexibility index (Phi) is 4.29. The van der Waals surface area contributed by atoms with E-state index in [1.165, 1.54) is 5.56 Å². The molecule has 2 unspecified atom stereocenters. The average molecular weight is 210 g/mol. The molecule has 4 nitrogen and oxygen atoms in total. The van der Waals surface area contributed by atoms with Crippen molar-refractivity contribution in [3.8, 4) is 0 Å². The molecule has 0 amide bonds. The normalized spacial score (nSPS) is 15.6. The summed E-state index contributed by atoms with van der Waals surface area (Å²) in [5.41, 5.74) is 7.09. The molecule has 1 aromatic rings. The fourth-order valence-electron chi connectivity index (χ4n) is 1.59. The molecule has 0 aliphatic rings. The van der Waals surface area contributed by atoms with Gasteiger partial charge in [-0.15, -0.1) is 0 Å². The van der Waals surface area contributed by atoms with E-state index in [0.29, 0.717) is 5.92 Å². The maximum atomic E-state index is 5.84. The Balaban J connectivity index is 2.39. The maximum absolute atomic E-state index is 5.84. The number of hydrogen-bond donors (Lipinski definition) is 1. The molecule has 0 radical (unpaired) electrons. The van der Waals surface area contributed by atoms with Crippen molar-refractivity contribution >= 4 is 0 Å². The van der Waals surface area contributed by atoms with Gasteiger partial charge in [0, 0.05) is 37.9 Å². The SMILES string of the molecule is CC(N)C(C)CN(C)Cc1cnn(C)c1. The molecule has 1 rings (SSSR count). The summed E-state index contributed by atoms with van der Waals surface area (Å²) in [4.78, 5) is 2.28. The Morgan fingerprint density at radius 1 is 1.53 bits per heavy atom. The van der Waals surface area contributed by atoms with Gasteiger partial charge in [0.05, 0.1) is 6.20 Å². The summed E-state index contributed by atoms with van der Waals surface area (Å²) in [6.45, 7) is 6.20. The van der Waals surface area contributed by atoms with Crippen LogP contribution in [0.15, 0.2) is 12.4 Å². The third kappa shape index (κ3) is 4.01. The number of aromatic nitrogens is 2. The summed E-state index contributed by atoms with van der Waals surface area (Å²) in [5.74, 6) is 0.520. The lowest BCUT2D eigenvalue weighted by Crippen LogP contribution is -2.34. The van der Waals surface area contributed by atoms with Crippen LogP contribution in [0, 0.1) is 5.92 Å². The van der Waals surface area contributed by atoms with Crippen molar-refractivity contribution in [1.29, 1.82) is 0 Å². The zero-order chi connectivity index (χ0) is 11.4. The van der Waals surface area contributed by atoms with Gasteiger partial charge in [0.1, 0.15) is 0 Å². The second-order valence-corrected chi connectivity index (χ2v) is 4.56. The summed E-state index contributed by atoms with van der Waals surface area (Å²) < 4.78 is 1.83. The van der Waals surface area contributed by atoms with Crippen LogP contribution < -0.4 is 5.73 Å². The van der Waals surface area contributed by atoms with Crippen molar-refractivity contribution in [3.63, 3.8) is 0 Å². The van der Waals surface area contributed by atoms with Gasteiger partial charge in [-0.25, -0.2) is 0 Å². The zero-order valence-corrected chi connectivity index (χ0v) is 10.1. The molecule has 2 N–H and O–H groups in total. The fourth-order valence-corrected chi connectivity index (χ4v) is 1.59. The van der Waals surface area contributed by atoms with Crippen LogP contribution >= 0.6 is 0 Å². The molecule has 0 saturated heterocycles. The van der Waals surface area contributed by atoms with E-state index in [4.69, 9.17) is 5.73 Å².